The van der Waals surface area contributed by atoms with Crippen LogP contribution in [0.25, 0.3) is 0 Å². The SMILES string of the molecule is CC1CCC(Nc2cccc(F)c2C#N)CC1C. The van der Waals surface area contributed by atoms with Crippen LogP contribution in [0.1, 0.15) is 38.7 Å². The van der Waals surface area contributed by atoms with E-state index >= 15 is 0 Å². The summed E-state index contributed by atoms with van der Waals surface area (Å²) in [4.78, 5) is 0. The number of hydrogen-bond acceptors (Lipinski definition) is 2. The molecule has 1 aliphatic rings. The van der Waals surface area contributed by atoms with Crippen molar-refractivity contribution in [3.05, 3.63) is 29.6 Å². The molecule has 2 nitrogen and oxygen atoms in total. The number of nitrogens with one attached hydrogen (secondary N) is 1. The van der Waals surface area contributed by atoms with Crippen molar-refractivity contribution in [2.24, 2.45) is 11.8 Å². The standard InChI is InChI=1S/C15H19FN2/c1-10-6-7-12(8-11(10)2)18-15-5-3-4-14(16)13(15)9-17/h3-5,10-12,18H,6-8H2,1-2H3. The highest BCUT2D eigenvalue weighted by Gasteiger charge is 2.25. The van der Waals surface area contributed by atoms with E-state index in [2.05, 4.69) is 19.2 Å². The van der Waals surface area contributed by atoms with Crippen molar-refractivity contribution in [1.29, 1.82) is 5.26 Å². The topological polar surface area (TPSA) is 35.8 Å². The lowest BCUT2D eigenvalue weighted by Gasteiger charge is -2.33. The summed E-state index contributed by atoms with van der Waals surface area (Å²) >= 11 is 0. The van der Waals surface area contributed by atoms with E-state index in [0.717, 1.165) is 18.8 Å². The Morgan fingerprint density at radius 3 is 2.72 bits per heavy atom. The molecule has 18 heavy (non-hydrogen) atoms. The Kier molecular flexibility index (Phi) is 3.86. The van der Waals surface area contributed by atoms with Gasteiger partial charge in [0.05, 0.1) is 5.69 Å². The molecular weight excluding hydrogens is 227 g/mol. The summed E-state index contributed by atoms with van der Waals surface area (Å²) < 4.78 is 13.5. The van der Waals surface area contributed by atoms with Crippen LogP contribution in [0.15, 0.2) is 18.2 Å². The van der Waals surface area contributed by atoms with Gasteiger partial charge in [0.2, 0.25) is 0 Å². The fraction of sp³-hybridized carbons (Fsp3) is 0.533. The lowest BCUT2D eigenvalue weighted by Crippen LogP contribution is -2.30. The van der Waals surface area contributed by atoms with Gasteiger partial charge in [-0.15, -0.1) is 0 Å². The van der Waals surface area contributed by atoms with E-state index in [4.69, 9.17) is 5.26 Å². The zero-order valence-electron chi connectivity index (χ0n) is 10.9. The largest absolute Gasteiger partial charge is 0.381 e. The van der Waals surface area contributed by atoms with Crippen LogP contribution in [0, 0.1) is 29.0 Å². The van der Waals surface area contributed by atoms with Gasteiger partial charge in [-0.1, -0.05) is 19.9 Å². The number of nitrogens with zero attached hydrogens (tertiary/aromatic N) is 1. The Morgan fingerprint density at radius 1 is 1.28 bits per heavy atom. The first kappa shape index (κ1) is 12.9. The Balaban J connectivity index is 2.11. The molecular formula is C15H19FN2. The first-order valence-electron chi connectivity index (χ1n) is 6.57. The third-order valence-corrected chi connectivity index (χ3v) is 4.08. The van der Waals surface area contributed by atoms with E-state index in [1.165, 1.54) is 12.5 Å². The van der Waals surface area contributed by atoms with Crippen LogP contribution < -0.4 is 5.32 Å². The normalized spacial score (nSPS) is 27.6. The minimum absolute atomic E-state index is 0.128. The highest BCUT2D eigenvalue weighted by molar-refractivity contribution is 5.58. The summed E-state index contributed by atoms with van der Waals surface area (Å²) in [6.07, 6.45) is 3.37. The molecule has 1 aliphatic carbocycles. The van der Waals surface area contributed by atoms with Crippen molar-refractivity contribution >= 4 is 5.69 Å². The van der Waals surface area contributed by atoms with Crippen LogP contribution in [0.3, 0.4) is 0 Å². The van der Waals surface area contributed by atoms with Gasteiger partial charge in [-0.2, -0.15) is 5.26 Å². The Hall–Kier alpha value is -1.56. The highest BCUT2D eigenvalue weighted by Crippen LogP contribution is 2.31. The van der Waals surface area contributed by atoms with Gasteiger partial charge < -0.3 is 5.32 Å². The third kappa shape index (κ3) is 2.64. The summed E-state index contributed by atoms with van der Waals surface area (Å²) in [7, 11) is 0. The van der Waals surface area contributed by atoms with Crippen LogP contribution in [-0.4, -0.2) is 6.04 Å². The van der Waals surface area contributed by atoms with Crippen LogP contribution >= 0.6 is 0 Å². The molecule has 3 heteroatoms. The summed E-state index contributed by atoms with van der Waals surface area (Å²) in [5.41, 5.74) is 0.757. The van der Waals surface area contributed by atoms with Crippen molar-refractivity contribution in [1.82, 2.24) is 0 Å². The van der Waals surface area contributed by atoms with Gasteiger partial charge in [-0.05, 0) is 43.2 Å². The van der Waals surface area contributed by atoms with E-state index in [-0.39, 0.29) is 5.56 Å². The molecule has 1 aromatic carbocycles. The van der Waals surface area contributed by atoms with Gasteiger partial charge in [0.25, 0.3) is 0 Å². The molecule has 96 valence electrons. The molecule has 1 aromatic rings. The average Bonchev–Trinajstić information content (AvgIpc) is 2.34. The maximum absolute atomic E-state index is 13.5. The molecule has 0 spiro atoms. The Bertz CT molecular complexity index is 464. The molecule has 0 bridgehead atoms. The molecule has 1 saturated carbocycles. The molecule has 0 radical (unpaired) electrons. The van der Waals surface area contributed by atoms with Gasteiger partial charge >= 0.3 is 0 Å². The molecule has 0 saturated heterocycles. The second-order valence-electron chi connectivity index (χ2n) is 5.38. The number of benzene rings is 1. The maximum atomic E-state index is 13.5. The number of anilines is 1. The van der Waals surface area contributed by atoms with E-state index in [9.17, 15) is 4.39 Å². The summed E-state index contributed by atoms with van der Waals surface area (Å²) in [5, 5.41) is 12.3. The average molecular weight is 246 g/mol. The molecule has 3 atom stereocenters. The zero-order valence-corrected chi connectivity index (χ0v) is 10.9. The third-order valence-electron chi connectivity index (χ3n) is 4.08. The fourth-order valence-electron chi connectivity index (χ4n) is 2.66. The van der Waals surface area contributed by atoms with Gasteiger partial charge in [0, 0.05) is 6.04 Å². The monoisotopic (exact) mass is 246 g/mol. The molecule has 0 aliphatic heterocycles. The fourth-order valence-corrected chi connectivity index (χ4v) is 2.66. The molecule has 0 aromatic heterocycles. The Morgan fingerprint density at radius 2 is 2.06 bits per heavy atom. The van der Waals surface area contributed by atoms with Gasteiger partial charge in [-0.3, -0.25) is 0 Å². The van der Waals surface area contributed by atoms with E-state index in [0.29, 0.717) is 17.6 Å². The van der Waals surface area contributed by atoms with Crippen molar-refractivity contribution in [3.8, 4) is 6.07 Å². The molecule has 1 N–H and O–H groups in total. The van der Waals surface area contributed by atoms with E-state index in [1.54, 1.807) is 12.1 Å². The molecule has 3 unspecified atom stereocenters. The predicted octanol–water partition coefficient (Wildman–Crippen LogP) is 3.93. The maximum Gasteiger partial charge on any atom is 0.143 e. The zero-order chi connectivity index (χ0) is 13.1. The lowest BCUT2D eigenvalue weighted by molar-refractivity contribution is 0.261. The van der Waals surface area contributed by atoms with Gasteiger partial charge in [0.1, 0.15) is 17.4 Å². The summed E-state index contributed by atoms with van der Waals surface area (Å²) in [5.74, 6) is 0.987. The van der Waals surface area contributed by atoms with E-state index < -0.39 is 5.82 Å². The number of hydrogen-bond donors (Lipinski definition) is 1. The Labute approximate surface area is 108 Å². The van der Waals surface area contributed by atoms with Crippen molar-refractivity contribution < 1.29 is 4.39 Å². The first-order valence-corrected chi connectivity index (χ1v) is 6.57. The first-order chi connectivity index (χ1) is 8.61. The number of halogens is 1. The summed E-state index contributed by atoms with van der Waals surface area (Å²) in [6, 6.07) is 7.04. The van der Waals surface area contributed by atoms with Crippen LogP contribution in [0.5, 0.6) is 0 Å². The number of rotatable bonds is 2. The minimum atomic E-state index is -0.445. The minimum Gasteiger partial charge on any atom is -0.381 e. The highest BCUT2D eigenvalue weighted by atomic mass is 19.1. The predicted molar refractivity (Wildman–Crippen MR) is 70.7 cm³/mol. The van der Waals surface area contributed by atoms with Crippen molar-refractivity contribution in [2.45, 2.75) is 39.2 Å². The molecule has 1 fully saturated rings. The quantitative estimate of drug-likeness (QED) is 0.858. The van der Waals surface area contributed by atoms with Gasteiger partial charge in [-0.25, -0.2) is 4.39 Å². The van der Waals surface area contributed by atoms with Crippen LogP contribution in [-0.2, 0) is 0 Å². The second kappa shape index (κ2) is 5.39. The number of nitriles is 1. The molecule has 0 amide bonds. The van der Waals surface area contributed by atoms with Crippen LogP contribution in [0.4, 0.5) is 10.1 Å². The lowest BCUT2D eigenvalue weighted by atomic mass is 9.79. The van der Waals surface area contributed by atoms with Crippen molar-refractivity contribution in [2.75, 3.05) is 5.32 Å². The van der Waals surface area contributed by atoms with E-state index in [1.807, 2.05) is 6.07 Å². The summed E-state index contributed by atoms with van der Waals surface area (Å²) in [6.45, 7) is 4.54. The second-order valence-corrected chi connectivity index (χ2v) is 5.38. The van der Waals surface area contributed by atoms with Crippen molar-refractivity contribution in [3.63, 3.8) is 0 Å². The van der Waals surface area contributed by atoms with Gasteiger partial charge in [0.15, 0.2) is 0 Å². The molecule has 0 heterocycles. The molecule has 2 rings (SSSR count). The smallest absolute Gasteiger partial charge is 0.143 e. The van der Waals surface area contributed by atoms with Crippen LogP contribution in [0.2, 0.25) is 0 Å².